The highest BCUT2D eigenvalue weighted by atomic mass is 35.5. The molecule has 128 valence electrons. The molecule has 1 aromatic carbocycles. The van der Waals surface area contributed by atoms with E-state index in [1.807, 2.05) is 29.2 Å². The van der Waals surface area contributed by atoms with Gasteiger partial charge >= 0.3 is 0 Å². The Balaban J connectivity index is 0.00000192. The fourth-order valence-electron chi connectivity index (χ4n) is 3.48. The lowest BCUT2D eigenvalue weighted by atomic mass is 9.99. The van der Waals surface area contributed by atoms with Gasteiger partial charge in [0, 0.05) is 30.6 Å². The minimum atomic E-state index is 0. The van der Waals surface area contributed by atoms with Crippen LogP contribution in [0, 0.1) is 5.92 Å². The fourth-order valence-corrected chi connectivity index (χ4v) is 3.48. The fraction of sp³-hybridized carbons (Fsp3) is 0.611. The molecule has 4 nitrogen and oxygen atoms in total. The zero-order valence-electron chi connectivity index (χ0n) is 13.7. The van der Waals surface area contributed by atoms with Gasteiger partial charge < -0.3 is 15.4 Å². The number of benzene rings is 1. The van der Waals surface area contributed by atoms with Crippen molar-refractivity contribution in [2.45, 2.75) is 57.2 Å². The molecule has 0 bridgehead atoms. The Bertz CT molecular complexity index is 534. The van der Waals surface area contributed by atoms with Crippen LogP contribution in [0.1, 0.15) is 44.1 Å². The highest BCUT2D eigenvalue weighted by Gasteiger charge is 2.35. The second-order valence-electron chi connectivity index (χ2n) is 6.62. The smallest absolute Gasteiger partial charge is 0.223 e. The zero-order valence-corrected chi connectivity index (χ0v) is 14.6. The van der Waals surface area contributed by atoms with Crippen LogP contribution in [0.4, 0.5) is 0 Å². The average Bonchev–Trinajstić information content (AvgIpc) is 3.29. The molecule has 2 saturated carbocycles. The molecule has 0 saturated heterocycles. The molecule has 2 aliphatic rings. The van der Waals surface area contributed by atoms with Crippen molar-refractivity contribution < 1.29 is 9.53 Å². The van der Waals surface area contributed by atoms with E-state index in [0.29, 0.717) is 24.9 Å². The van der Waals surface area contributed by atoms with Crippen molar-refractivity contribution in [3.8, 4) is 5.75 Å². The third-order valence-electron chi connectivity index (χ3n) is 5.00. The van der Waals surface area contributed by atoms with E-state index in [4.69, 9.17) is 10.5 Å². The van der Waals surface area contributed by atoms with Crippen molar-refractivity contribution in [2.24, 2.45) is 11.7 Å². The Labute approximate surface area is 144 Å². The summed E-state index contributed by atoms with van der Waals surface area (Å²) in [5.41, 5.74) is 7.21. The van der Waals surface area contributed by atoms with Gasteiger partial charge in [0.05, 0.1) is 7.11 Å². The van der Waals surface area contributed by atoms with Crippen molar-refractivity contribution in [1.82, 2.24) is 4.90 Å². The summed E-state index contributed by atoms with van der Waals surface area (Å²) in [4.78, 5) is 14.8. The van der Waals surface area contributed by atoms with Gasteiger partial charge in [-0.1, -0.05) is 24.6 Å². The van der Waals surface area contributed by atoms with Gasteiger partial charge in [0.15, 0.2) is 0 Å². The molecular weight excluding hydrogens is 312 g/mol. The second kappa shape index (κ2) is 8.02. The Morgan fingerprint density at radius 2 is 2.00 bits per heavy atom. The molecule has 5 heteroatoms. The Morgan fingerprint density at radius 1 is 1.26 bits per heavy atom. The number of rotatable bonds is 6. The van der Waals surface area contributed by atoms with Crippen LogP contribution in [0.3, 0.4) is 0 Å². The average molecular weight is 339 g/mol. The summed E-state index contributed by atoms with van der Waals surface area (Å²) in [5, 5.41) is 0. The number of carbonyl (C=O) groups excluding carboxylic acids is 1. The van der Waals surface area contributed by atoms with Gasteiger partial charge in [0.25, 0.3) is 0 Å². The first-order valence-electron chi connectivity index (χ1n) is 8.36. The molecule has 1 amide bonds. The van der Waals surface area contributed by atoms with E-state index in [1.54, 1.807) is 7.11 Å². The quantitative estimate of drug-likeness (QED) is 0.867. The van der Waals surface area contributed by atoms with Crippen LogP contribution < -0.4 is 10.5 Å². The first kappa shape index (κ1) is 18.1. The number of para-hydroxylation sites is 1. The maximum Gasteiger partial charge on any atom is 0.223 e. The monoisotopic (exact) mass is 338 g/mol. The molecule has 0 heterocycles. The zero-order chi connectivity index (χ0) is 15.5. The summed E-state index contributed by atoms with van der Waals surface area (Å²) in [6, 6.07) is 8.58. The number of amides is 1. The lowest BCUT2D eigenvalue weighted by molar-refractivity contribution is -0.133. The predicted octanol–water partition coefficient (Wildman–Crippen LogP) is 3.13. The normalized spacial score (nSPS) is 23.2. The molecule has 2 N–H and O–H groups in total. The Kier molecular flexibility index (Phi) is 6.31. The van der Waals surface area contributed by atoms with Crippen LogP contribution in [0.5, 0.6) is 5.75 Å². The molecule has 3 rings (SSSR count). The lowest BCUT2D eigenvalue weighted by Gasteiger charge is -2.26. The summed E-state index contributed by atoms with van der Waals surface area (Å²) in [7, 11) is 1.68. The molecule has 0 spiro atoms. The van der Waals surface area contributed by atoms with Gasteiger partial charge in [-0.05, 0) is 37.7 Å². The van der Waals surface area contributed by atoms with Crippen LogP contribution in [0.2, 0.25) is 0 Å². The minimum absolute atomic E-state index is 0. The first-order chi connectivity index (χ1) is 10.7. The molecule has 2 fully saturated rings. The number of hydrogen-bond donors (Lipinski definition) is 1. The van der Waals surface area contributed by atoms with Crippen LogP contribution in [0.15, 0.2) is 24.3 Å². The van der Waals surface area contributed by atoms with E-state index in [2.05, 4.69) is 0 Å². The number of nitrogens with zero attached hydrogens (tertiary/aromatic N) is 1. The topological polar surface area (TPSA) is 55.6 Å². The van der Waals surface area contributed by atoms with Crippen LogP contribution in [0.25, 0.3) is 0 Å². The summed E-state index contributed by atoms with van der Waals surface area (Å²) in [6.45, 7) is 0.648. The molecule has 0 unspecified atom stereocenters. The van der Waals surface area contributed by atoms with Gasteiger partial charge in [-0.15, -0.1) is 12.4 Å². The van der Waals surface area contributed by atoms with E-state index in [1.165, 1.54) is 0 Å². The number of halogens is 1. The summed E-state index contributed by atoms with van der Waals surface area (Å²) in [5.74, 6) is 1.49. The summed E-state index contributed by atoms with van der Waals surface area (Å²) in [6.07, 6.45) is 6.17. The summed E-state index contributed by atoms with van der Waals surface area (Å²) < 4.78 is 5.42. The Hall–Kier alpha value is -1.26. The predicted molar refractivity (Wildman–Crippen MR) is 93.7 cm³/mol. The molecule has 0 aliphatic heterocycles. The minimum Gasteiger partial charge on any atom is -0.496 e. The van der Waals surface area contributed by atoms with E-state index in [9.17, 15) is 4.79 Å². The molecule has 0 aromatic heterocycles. The van der Waals surface area contributed by atoms with Gasteiger partial charge in [0.2, 0.25) is 5.91 Å². The highest BCUT2D eigenvalue weighted by Crippen LogP contribution is 2.33. The van der Waals surface area contributed by atoms with Crippen molar-refractivity contribution in [3.05, 3.63) is 29.8 Å². The highest BCUT2D eigenvalue weighted by molar-refractivity contribution is 5.85. The largest absolute Gasteiger partial charge is 0.496 e. The molecule has 0 radical (unpaired) electrons. The first-order valence-corrected chi connectivity index (χ1v) is 8.36. The molecule has 1 aromatic rings. The van der Waals surface area contributed by atoms with Gasteiger partial charge in [-0.2, -0.15) is 0 Å². The van der Waals surface area contributed by atoms with Crippen molar-refractivity contribution in [2.75, 3.05) is 7.11 Å². The van der Waals surface area contributed by atoms with Gasteiger partial charge in [-0.25, -0.2) is 0 Å². The third kappa shape index (κ3) is 4.39. The lowest BCUT2D eigenvalue weighted by Crippen LogP contribution is -2.36. The number of methoxy groups -OCH3 is 1. The van der Waals surface area contributed by atoms with Crippen LogP contribution in [-0.2, 0) is 11.3 Å². The Morgan fingerprint density at radius 3 is 2.61 bits per heavy atom. The van der Waals surface area contributed by atoms with Gasteiger partial charge in [0.1, 0.15) is 5.75 Å². The summed E-state index contributed by atoms with van der Waals surface area (Å²) >= 11 is 0. The van der Waals surface area contributed by atoms with Crippen molar-refractivity contribution >= 4 is 18.3 Å². The molecule has 2 aliphatic carbocycles. The molecule has 2 atom stereocenters. The van der Waals surface area contributed by atoms with E-state index in [0.717, 1.165) is 43.4 Å². The number of nitrogens with two attached hydrogens (primary N) is 1. The second-order valence-corrected chi connectivity index (χ2v) is 6.62. The number of ether oxygens (including phenoxy) is 1. The van der Waals surface area contributed by atoms with Gasteiger partial charge in [-0.3, -0.25) is 4.79 Å². The number of hydrogen-bond acceptors (Lipinski definition) is 3. The maximum atomic E-state index is 12.8. The van der Waals surface area contributed by atoms with Crippen molar-refractivity contribution in [3.63, 3.8) is 0 Å². The number of carbonyl (C=O) groups is 1. The van der Waals surface area contributed by atoms with E-state index < -0.39 is 0 Å². The van der Waals surface area contributed by atoms with Crippen LogP contribution in [-0.4, -0.2) is 30.0 Å². The van der Waals surface area contributed by atoms with Crippen molar-refractivity contribution in [1.29, 1.82) is 0 Å². The van der Waals surface area contributed by atoms with E-state index >= 15 is 0 Å². The maximum absolute atomic E-state index is 12.8. The van der Waals surface area contributed by atoms with Crippen LogP contribution >= 0.6 is 12.4 Å². The molecule has 23 heavy (non-hydrogen) atoms. The van der Waals surface area contributed by atoms with E-state index in [-0.39, 0.29) is 24.4 Å². The molecular formula is C18H27ClN2O2. The third-order valence-corrected chi connectivity index (χ3v) is 5.00. The standard InChI is InChI=1S/C18H26N2O2.ClH/c1-22-17-8-3-2-5-14(17)12-20(15-9-10-15)18(21)11-13-6-4-7-16(13)19;/h2-3,5,8,13,15-16H,4,6-7,9-12,19H2,1H3;1H/t13-,16+;/m0./s1. The SMILES string of the molecule is COc1ccccc1CN(C(=O)C[C@@H]1CCC[C@H]1N)C1CC1.Cl.